The summed E-state index contributed by atoms with van der Waals surface area (Å²) in [4.78, 5) is 115. The van der Waals surface area contributed by atoms with Gasteiger partial charge in [-0.15, -0.1) is 0 Å². The van der Waals surface area contributed by atoms with Crippen molar-refractivity contribution >= 4 is 46.9 Å². The molecule has 0 spiro atoms. The van der Waals surface area contributed by atoms with Gasteiger partial charge in [-0.05, 0) is 18.8 Å². The minimum atomic E-state index is -1.31. The van der Waals surface area contributed by atoms with E-state index in [4.69, 9.17) is 0 Å². The predicted molar refractivity (Wildman–Crippen MR) is 195 cm³/mol. The van der Waals surface area contributed by atoms with Crippen LogP contribution in [0.3, 0.4) is 0 Å². The number of Topliss-reactive ketones (excluding diaryl/α,β-unsaturated/α-hetero) is 3. The number of hydrogen-bond acceptors (Lipinski definition) is 10. The second kappa shape index (κ2) is 21.3. The summed E-state index contributed by atoms with van der Waals surface area (Å²) in [6, 6.07) is -1.57. The molecular formula is C37H59N7O9. The number of carboxylic acid groups (broad SMARTS) is 1. The first kappa shape index (κ1) is 44.7. The van der Waals surface area contributed by atoms with E-state index < -0.39 is 72.7 Å². The van der Waals surface area contributed by atoms with Crippen molar-refractivity contribution in [3.05, 3.63) is 18.2 Å². The van der Waals surface area contributed by atoms with Crippen LogP contribution in [0.25, 0.3) is 0 Å². The fourth-order valence-electron chi connectivity index (χ4n) is 6.29. The van der Waals surface area contributed by atoms with Gasteiger partial charge in [-0.1, -0.05) is 41.5 Å². The number of aromatic amines is 1. The molecule has 4 N–H and O–H groups in total. The van der Waals surface area contributed by atoms with Crippen LogP contribution in [-0.4, -0.2) is 135 Å². The monoisotopic (exact) mass is 745 g/mol. The molecule has 4 amide bonds. The van der Waals surface area contributed by atoms with Crippen LogP contribution in [0, 0.1) is 23.7 Å². The van der Waals surface area contributed by atoms with Gasteiger partial charge in [-0.3, -0.25) is 38.4 Å². The van der Waals surface area contributed by atoms with Gasteiger partial charge in [0.1, 0.15) is 5.78 Å². The van der Waals surface area contributed by atoms with Crippen molar-refractivity contribution in [2.45, 2.75) is 105 Å². The highest BCUT2D eigenvalue weighted by molar-refractivity contribution is 5.97. The van der Waals surface area contributed by atoms with E-state index in [2.05, 4.69) is 20.6 Å². The van der Waals surface area contributed by atoms with E-state index in [1.807, 2.05) is 13.8 Å². The van der Waals surface area contributed by atoms with Gasteiger partial charge in [0.15, 0.2) is 11.6 Å². The van der Waals surface area contributed by atoms with Gasteiger partial charge in [0, 0.05) is 88.6 Å². The van der Waals surface area contributed by atoms with Crippen LogP contribution in [-0.2, 0) is 44.8 Å². The molecule has 1 aliphatic heterocycles. The third kappa shape index (κ3) is 14.5. The highest BCUT2D eigenvalue weighted by Crippen LogP contribution is 2.29. The second-order valence-corrected chi connectivity index (χ2v) is 15.0. The number of aliphatic carboxylic acids is 1. The molecule has 1 fully saturated rings. The SMILES string of the molecule is CC(C)NCCC(=O)N(C)CC(=O)N(C)CC(=O)N[C@H](Cc1cnc[nH]1)C(=O)C[C@@H](CC(=O)O)C(=O)C[C@@H](C(=O)N1CCC[C@@H]1C(=O)C(C)C)C(C)C. The highest BCUT2D eigenvalue weighted by Gasteiger charge is 2.40. The third-order valence-electron chi connectivity index (χ3n) is 9.50. The first-order valence-electron chi connectivity index (χ1n) is 18.4. The lowest BCUT2D eigenvalue weighted by Crippen LogP contribution is -2.49. The number of amides is 4. The Morgan fingerprint density at radius 1 is 0.925 bits per heavy atom. The smallest absolute Gasteiger partial charge is 0.304 e. The first-order chi connectivity index (χ1) is 24.8. The van der Waals surface area contributed by atoms with E-state index in [0.29, 0.717) is 31.6 Å². The number of ketones is 3. The Bertz CT molecular complexity index is 1440. The average Bonchev–Trinajstić information content (AvgIpc) is 3.77. The number of nitrogens with zero attached hydrogens (tertiary/aromatic N) is 4. The normalized spacial score (nSPS) is 16.0. The topological polar surface area (TPSA) is 219 Å². The summed E-state index contributed by atoms with van der Waals surface area (Å²) in [5.74, 6) is -7.00. The number of H-pyrrole nitrogens is 1. The van der Waals surface area contributed by atoms with Crippen LogP contribution in [0.5, 0.6) is 0 Å². The second-order valence-electron chi connectivity index (χ2n) is 15.0. The Morgan fingerprint density at radius 3 is 2.15 bits per heavy atom. The van der Waals surface area contributed by atoms with Crippen LogP contribution in [0.2, 0.25) is 0 Å². The lowest BCUT2D eigenvalue weighted by molar-refractivity contribution is -0.146. The molecule has 53 heavy (non-hydrogen) atoms. The van der Waals surface area contributed by atoms with Gasteiger partial charge >= 0.3 is 5.97 Å². The number of aromatic nitrogens is 2. The molecule has 1 saturated heterocycles. The zero-order chi connectivity index (χ0) is 40.0. The van der Waals surface area contributed by atoms with Gasteiger partial charge in [0.25, 0.3) is 0 Å². The molecule has 2 heterocycles. The van der Waals surface area contributed by atoms with Crippen molar-refractivity contribution in [1.82, 2.24) is 35.3 Å². The summed E-state index contributed by atoms with van der Waals surface area (Å²) in [5.41, 5.74) is 0.489. The number of nitrogens with one attached hydrogen (secondary N) is 3. The number of carboxylic acids is 1. The van der Waals surface area contributed by atoms with Crippen molar-refractivity contribution in [3.8, 4) is 0 Å². The lowest BCUT2D eigenvalue weighted by atomic mass is 9.82. The maximum atomic E-state index is 13.8. The highest BCUT2D eigenvalue weighted by atomic mass is 16.4. The molecule has 296 valence electrons. The lowest BCUT2D eigenvalue weighted by Gasteiger charge is -2.31. The van der Waals surface area contributed by atoms with Crippen LogP contribution in [0.4, 0.5) is 0 Å². The molecule has 0 aromatic carbocycles. The predicted octanol–water partition coefficient (Wildman–Crippen LogP) is 1.24. The first-order valence-corrected chi connectivity index (χ1v) is 18.4. The fourth-order valence-corrected chi connectivity index (χ4v) is 6.29. The summed E-state index contributed by atoms with van der Waals surface area (Å²) < 4.78 is 0. The van der Waals surface area contributed by atoms with Gasteiger partial charge in [0.05, 0.1) is 37.9 Å². The molecule has 1 aromatic rings. The Balaban J connectivity index is 2.16. The Kier molecular flexibility index (Phi) is 17.9. The molecule has 2 rings (SSSR count). The largest absolute Gasteiger partial charge is 0.481 e. The molecule has 1 aliphatic rings. The molecule has 0 saturated carbocycles. The number of carbonyl (C=O) groups is 8. The number of likely N-dealkylation sites (tertiary alicyclic amines) is 1. The standard InChI is InChI=1S/C37H59N7O9/c1-22(2)27(37(53)44-13-9-10-29(44)36(52)23(3)4)17-30(45)25(15-35(50)51)14-31(46)28(16-26-18-38-21-40-26)41-32(47)19-42(7)34(49)20-43(8)33(48)11-12-39-24(5)6/h18,21-25,27-29,39H,9-17,19-20H2,1-8H3,(H,38,40)(H,41,47)(H,50,51)/t25-,27+,28+,29+/m0/s1. The van der Waals surface area contributed by atoms with Crippen LogP contribution < -0.4 is 10.6 Å². The van der Waals surface area contributed by atoms with E-state index in [1.165, 1.54) is 36.4 Å². The average molecular weight is 746 g/mol. The van der Waals surface area contributed by atoms with Gasteiger partial charge in [-0.2, -0.15) is 0 Å². The summed E-state index contributed by atoms with van der Waals surface area (Å²) in [7, 11) is 2.89. The van der Waals surface area contributed by atoms with Crippen molar-refractivity contribution in [2.24, 2.45) is 23.7 Å². The zero-order valence-electron chi connectivity index (χ0n) is 32.5. The Morgan fingerprint density at radius 2 is 1.58 bits per heavy atom. The molecule has 0 unspecified atom stereocenters. The van der Waals surface area contributed by atoms with Crippen molar-refractivity contribution in [3.63, 3.8) is 0 Å². The summed E-state index contributed by atoms with van der Waals surface area (Å²) in [6.45, 7) is 11.2. The van der Waals surface area contributed by atoms with Crippen LogP contribution in [0.1, 0.15) is 85.8 Å². The molecule has 16 nitrogen and oxygen atoms in total. The van der Waals surface area contributed by atoms with Crippen molar-refractivity contribution in [2.75, 3.05) is 40.3 Å². The van der Waals surface area contributed by atoms with Crippen LogP contribution >= 0.6 is 0 Å². The maximum Gasteiger partial charge on any atom is 0.304 e. The summed E-state index contributed by atoms with van der Waals surface area (Å²) in [6.07, 6.45) is 2.70. The van der Waals surface area contributed by atoms with Gasteiger partial charge in [0.2, 0.25) is 23.6 Å². The van der Waals surface area contributed by atoms with Crippen LogP contribution in [0.15, 0.2) is 12.5 Å². The molecule has 16 heteroatoms. The summed E-state index contributed by atoms with van der Waals surface area (Å²) in [5, 5.41) is 15.5. The number of hydrogen-bond donors (Lipinski definition) is 4. The van der Waals surface area contributed by atoms with E-state index in [9.17, 15) is 43.5 Å². The minimum absolute atomic E-state index is 0.0484. The van der Waals surface area contributed by atoms with E-state index >= 15 is 0 Å². The third-order valence-corrected chi connectivity index (χ3v) is 9.50. The van der Waals surface area contributed by atoms with E-state index in [0.717, 1.165) is 4.90 Å². The van der Waals surface area contributed by atoms with Gasteiger partial charge < -0.3 is 35.4 Å². The number of rotatable bonds is 23. The molecular weight excluding hydrogens is 686 g/mol. The maximum absolute atomic E-state index is 13.8. The van der Waals surface area contributed by atoms with Gasteiger partial charge in [-0.25, -0.2) is 4.98 Å². The molecule has 0 bridgehead atoms. The Hall–Kier alpha value is -4.47. The van der Waals surface area contributed by atoms with Crippen molar-refractivity contribution in [1.29, 1.82) is 0 Å². The Labute approximate surface area is 312 Å². The minimum Gasteiger partial charge on any atom is -0.481 e. The van der Waals surface area contributed by atoms with E-state index in [-0.39, 0.29) is 61.3 Å². The number of carbonyl (C=O) groups excluding carboxylic acids is 7. The fraction of sp³-hybridized carbons (Fsp3) is 0.703. The van der Waals surface area contributed by atoms with E-state index in [1.54, 1.807) is 27.7 Å². The molecule has 4 atom stereocenters. The molecule has 1 aromatic heterocycles. The summed E-state index contributed by atoms with van der Waals surface area (Å²) >= 11 is 0. The molecule has 0 radical (unpaired) electrons. The number of likely N-dealkylation sites (N-methyl/N-ethyl adjacent to an activating group) is 2. The molecule has 0 aliphatic carbocycles. The zero-order valence-corrected chi connectivity index (χ0v) is 32.5. The number of imidazole rings is 1. The van der Waals surface area contributed by atoms with Crippen molar-refractivity contribution < 1.29 is 43.5 Å². The quantitative estimate of drug-likeness (QED) is 0.125.